The summed E-state index contributed by atoms with van der Waals surface area (Å²) >= 11 is 9.29. The van der Waals surface area contributed by atoms with Crippen molar-refractivity contribution in [3.8, 4) is 0 Å². The van der Waals surface area contributed by atoms with E-state index in [2.05, 4.69) is 20.8 Å². The number of sulfonamides is 1. The molecule has 156 valence electrons. The summed E-state index contributed by atoms with van der Waals surface area (Å²) in [6.07, 6.45) is 0. The molecule has 6 nitrogen and oxygen atoms in total. The van der Waals surface area contributed by atoms with E-state index in [1.807, 2.05) is 31.3 Å². The summed E-state index contributed by atoms with van der Waals surface area (Å²) in [7, 11) is -1.86. The largest absolute Gasteiger partial charge is 0.339 e. The summed E-state index contributed by atoms with van der Waals surface area (Å²) in [6.45, 7) is 2.66. The van der Waals surface area contributed by atoms with Gasteiger partial charge in [0.25, 0.3) is 0 Å². The zero-order chi connectivity index (χ0) is 21.0. The minimum absolute atomic E-state index is 0.109. The van der Waals surface area contributed by atoms with E-state index < -0.39 is 10.0 Å². The number of hydrogen-bond donors (Lipinski definition) is 0. The number of halogens is 2. The molecule has 9 heteroatoms. The quantitative estimate of drug-likeness (QED) is 0.612. The molecule has 0 saturated carbocycles. The highest BCUT2D eigenvalue weighted by Crippen LogP contribution is 2.22. The Morgan fingerprint density at radius 2 is 1.62 bits per heavy atom. The number of rotatable bonds is 6. The summed E-state index contributed by atoms with van der Waals surface area (Å²) in [5.41, 5.74) is 0.803. The highest BCUT2D eigenvalue weighted by atomic mass is 79.9. The zero-order valence-electron chi connectivity index (χ0n) is 16.1. The maximum atomic E-state index is 13.3. The number of hydrogen-bond acceptors (Lipinski definition) is 4. The molecule has 0 N–H and O–H groups in total. The highest BCUT2D eigenvalue weighted by Gasteiger charge is 2.29. The molecule has 1 fully saturated rings. The summed E-state index contributed by atoms with van der Waals surface area (Å²) in [6, 6.07) is 13.4. The lowest BCUT2D eigenvalue weighted by molar-refractivity contribution is -0.133. The first-order valence-electron chi connectivity index (χ1n) is 9.22. The van der Waals surface area contributed by atoms with Crippen molar-refractivity contribution < 1.29 is 13.2 Å². The minimum Gasteiger partial charge on any atom is -0.339 e. The molecule has 0 unspecified atom stereocenters. The third-order valence-electron chi connectivity index (χ3n) is 4.89. The van der Waals surface area contributed by atoms with Gasteiger partial charge in [0.2, 0.25) is 15.9 Å². The topological polar surface area (TPSA) is 60.9 Å². The van der Waals surface area contributed by atoms with Crippen LogP contribution in [0.1, 0.15) is 5.56 Å². The summed E-state index contributed by atoms with van der Waals surface area (Å²) in [4.78, 5) is 16.9. The van der Waals surface area contributed by atoms with Crippen LogP contribution in [-0.4, -0.2) is 68.2 Å². The Bertz CT molecular complexity index is 944. The van der Waals surface area contributed by atoms with Gasteiger partial charge in [-0.3, -0.25) is 4.79 Å². The predicted molar refractivity (Wildman–Crippen MR) is 117 cm³/mol. The van der Waals surface area contributed by atoms with Crippen molar-refractivity contribution >= 4 is 43.5 Å². The normalized spacial score (nSPS) is 15.7. The van der Waals surface area contributed by atoms with E-state index in [9.17, 15) is 13.2 Å². The monoisotopic (exact) mass is 499 g/mol. The Hall–Kier alpha value is -1.45. The van der Waals surface area contributed by atoms with Crippen LogP contribution in [0.2, 0.25) is 5.02 Å². The Kier molecular flexibility index (Phi) is 7.34. The lowest BCUT2D eigenvalue weighted by atomic mass is 10.2. The molecular weight excluding hydrogens is 478 g/mol. The van der Waals surface area contributed by atoms with Gasteiger partial charge in [0.05, 0.1) is 11.4 Å². The fourth-order valence-electron chi connectivity index (χ4n) is 3.08. The van der Waals surface area contributed by atoms with Crippen LogP contribution >= 0.6 is 27.5 Å². The molecule has 29 heavy (non-hydrogen) atoms. The standard InChI is InChI=1S/C20H23BrClN3O3S/c1-23-10-12-24(13-11-23)20(26)15-25(14-16-2-4-17(21)5-3-16)29(27,28)19-8-6-18(22)7-9-19/h2-9H,10-15H2,1H3. The van der Waals surface area contributed by atoms with Crippen LogP contribution in [0.3, 0.4) is 0 Å². The van der Waals surface area contributed by atoms with Crippen LogP contribution in [0, 0.1) is 0 Å². The molecule has 1 aliphatic heterocycles. The van der Waals surface area contributed by atoms with Crippen molar-refractivity contribution in [1.82, 2.24) is 14.1 Å². The average molecular weight is 501 g/mol. The summed E-state index contributed by atoms with van der Waals surface area (Å²) < 4.78 is 28.7. The van der Waals surface area contributed by atoms with Gasteiger partial charge in [-0.15, -0.1) is 0 Å². The number of amides is 1. The highest BCUT2D eigenvalue weighted by molar-refractivity contribution is 9.10. The number of likely N-dealkylation sites (N-methyl/N-ethyl adjacent to an activating group) is 1. The summed E-state index contributed by atoms with van der Waals surface area (Å²) in [5.74, 6) is -0.187. The molecule has 1 saturated heterocycles. The third kappa shape index (κ3) is 5.79. The van der Waals surface area contributed by atoms with Crippen LogP contribution in [0.15, 0.2) is 57.9 Å². The van der Waals surface area contributed by atoms with E-state index in [1.54, 1.807) is 4.90 Å². The van der Waals surface area contributed by atoms with Crippen molar-refractivity contribution in [3.63, 3.8) is 0 Å². The van der Waals surface area contributed by atoms with Crippen molar-refractivity contribution in [3.05, 3.63) is 63.6 Å². The number of carbonyl (C=O) groups is 1. The van der Waals surface area contributed by atoms with E-state index in [-0.39, 0.29) is 23.9 Å². The van der Waals surface area contributed by atoms with E-state index >= 15 is 0 Å². The molecule has 0 aromatic heterocycles. The first-order valence-corrected chi connectivity index (χ1v) is 11.8. The van der Waals surface area contributed by atoms with Gasteiger partial charge in [-0.05, 0) is 49.0 Å². The zero-order valence-corrected chi connectivity index (χ0v) is 19.3. The molecule has 1 amide bonds. The Morgan fingerprint density at radius 3 is 2.21 bits per heavy atom. The van der Waals surface area contributed by atoms with Gasteiger partial charge in [-0.1, -0.05) is 39.7 Å². The molecule has 0 aliphatic carbocycles. The molecule has 1 aliphatic rings. The number of benzene rings is 2. The van der Waals surface area contributed by atoms with E-state index in [1.165, 1.54) is 28.6 Å². The van der Waals surface area contributed by atoms with Crippen LogP contribution in [0.5, 0.6) is 0 Å². The molecule has 0 atom stereocenters. The van der Waals surface area contributed by atoms with Crippen LogP contribution in [0.25, 0.3) is 0 Å². The molecule has 2 aromatic carbocycles. The molecule has 1 heterocycles. The van der Waals surface area contributed by atoms with Gasteiger partial charge in [0, 0.05) is 42.2 Å². The van der Waals surface area contributed by atoms with Gasteiger partial charge in [-0.2, -0.15) is 4.31 Å². The first kappa shape index (κ1) is 22.2. The molecular formula is C20H23BrClN3O3S. The second kappa shape index (κ2) is 9.57. The second-order valence-electron chi connectivity index (χ2n) is 7.04. The Balaban J connectivity index is 1.85. The maximum absolute atomic E-state index is 13.3. The number of carbonyl (C=O) groups excluding carboxylic acids is 1. The molecule has 0 bridgehead atoms. The van der Waals surface area contributed by atoms with Crippen molar-refractivity contribution in [1.29, 1.82) is 0 Å². The van der Waals surface area contributed by atoms with Gasteiger partial charge < -0.3 is 9.80 Å². The minimum atomic E-state index is -3.87. The second-order valence-corrected chi connectivity index (χ2v) is 10.3. The molecule has 3 rings (SSSR count). The molecule has 0 radical (unpaired) electrons. The van der Waals surface area contributed by atoms with E-state index in [0.717, 1.165) is 23.1 Å². The fourth-order valence-corrected chi connectivity index (χ4v) is 4.85. The third-order valence-corrected chi connectivity index (χ3v) is 7.48. The van der Waals surface area contributed by atoms with Gasteiger partial charge >= 0.3 is 0 Å². The van der Waals surface area contributed by atoms with Gasteiger partial charge in [-0.25, -0.2) is 8.42 Å². The number of nitrogens with zero attached hydrogens (tertiary/aromatic N) is 3. The Labute approximate surface area is 185 Å². The fraction of sp³-hybridized carbons (Fsp3) is 0.350. The van der Waals surface area contributed by atoms with Crippen molar-refractivity contribution in [2.45, 2.75) is 11.4 Å². The predicted octanol–water partition coefficient (Wildman–Crippen LogP) is 3.07. The van der Waals surface area contributed by atoms with Crippen molar-refractivity contribution in [2.75, 3.05) is 39.8 Å². The van der Waals surface area contributed by atoms with Crippen LogP contribution in [-0.2, 0) is 21.4 Å². The molecule has 0 spiro atoms. The lowest BCUT2D eigenvalue weighted by Crippen LogP contribution is -2.50. The Morgan fingerprint density at radius 1 is 1.03 bits per heavy atom. The maximum Gasteiger partial charge on any atom is 0.243 e. The average Bonchev–Trinajstić information content (AvgIpc) is 2.70. The SMILES string of the molecule is CN1CCN(C(=O)CN(Cc2ccc(Br)cc2)S(=O)(=O)c2ccc(Cl)cc2)CC1. The van der Waals surface area contributed by atoms with E-state index in [4.69, 9.17) is 11.6 Å². The molecule has 2 aromatic rings. The van der Waals surface area contributed by atoms with Crippen LogP contribution in [0.4, 0.5) is 0 Å². The van der Waals surface area contributed by atoms with Crippen LogP contribution < -0.4 is 0 Å². The van der Waals surface area contributed by atoms with Gasteiger partial charge in [0.15, 0.2) is 0 Å². The van der Waals surface area contributed by atoms with Gasteiger partial charge in [0.1, 0.15) is 0 Å². The van der Waals surface area contributed by atoms with E-state index in [0.29, 0.717) is 18.1 Å². The lowest BCUT2D eigenvalue weighted by Gasteiger charge is -2.33. The number of piperazine rings is 1. The summed E-state index contributed by atoms with van der Waals surface area (Å²) in [5, 5.41) is 0.455. The van der Waals surface area contributed by atoms with Crippen molar-refractivity contribution in [2.24, 2.45) is 0 Å². The first-order chi connectivity index (χ1) is 13.8. The smallest absolute Gasteiger partial charge is 0.243 e.